The van der Waals surface area contributed by atoms with Gasteiger partial charge in [-0.25, -0.2) is 13.4 Å². The second kappa shape index (κ2) is 10.3. The predicted octanol–water partition coefficient (Wildman–Crippen LogP) is 3.26. The van der Waals surface area contributed by atoms with Crippen LogP contribution in [0.15, 0.2) is 40.7 Å². The van der Waals surface area contributed by atoms with Crippen molar-refractivity contribution in [2.24, 2.45) is 5.92 Å². The molecule has 1 saturated heterocycles. The number of piperazine rings is 1. The fourth-order valence-electron chi connectivity index (χ4n) is 4.77. The molecule has 2 amide bonds. The highest BCUT2D eigenvalue weighted by Crippen LogP contribution is 2.30. The molecule has 1 saturated carbocycles. The van der Waals surface area contributed by atoms with E-state index in [1.807, 2.05) is 0 Å². The van der Waals surface area contributed by atoms with Crippen LogP contribution < -0.4 is 5.32 Å². The van der Waals surface area contributed by atoms with E-state index in [0.717, 1.165) is 25.7 Å². The number of thiazole rings is 1. The first kappa shape index (κ1) is 23.8. The Balaban J connectivity index is 1.51. The van der Waals surface area contributed by atoms with Crippen LogP contribution in [0.3, 0.4) is 0 Å². The van der Waals surface area contributed by atoms with E-state index in [9.17, 15) is 18.0 Å². The van der Waals surface area contributed by atoms with Crippen molar-refractivity contribution < 1.29 is 18.0 Å². The Morgan fingerprint density at radius 3 is 2.64 bits per heavy atom. The molecule has 1 aromatic carbocycles. The number of anilines is 1. The number of nitrogens with zero attached hydrogens (tertiary/aromatic N) is 3. The van der Waals surface area contributed by atoms with Gasteiger partial charge in [0.2, 0.25) is 21.8 Å². The van der Waals surface area contributed by atoms with Gasteiger partial charge in [0.05, 0.1) is 11.4 Å². The quantitative estimate of drug-likeness (QED) is 0.642. The number of hydrogen-bond acceptors (Lipinski definition) is 6. The summed E-state index contributed by atoms with van der Waals surface area (Å²) < 4.78 is 27.5. The Morgan fingerprint density at radius 1 is 1.21 bits per heavy atom. The zero-order valence-corrected chi connectivity index (χ0v) is 20.4. The molecule has 1 aliphatic heterocycles. The van der Waals surface area contributed by atoms with Gasteiger partial charge >= 0.3 is 0 Å². The molecule has 2 aliphatic rings. The topological polar surface area (TPSA) is 99.7 Å². The largest absolute Gasteiger partial charge is 0.328 e. The van der Waals surface area contributed by atoms with Crippen LogP contribution in [-0.2, 0) is 19.6 Å². The fourth-order valence-corrected chi connectivity index (χ4v) is 6.91. The van der Waals surface area contributed by atoms with Crippen molar-refractivity contribution in [2.75, 3.05) is 25.0 Å². The van der Waals surface area contributed by atoms with Crippen molar-refractivity contribution in [1.82, 2.24) is 14.2 Å². The third-order valence-electron chi connectivity index (χ3n) is 6.56. The van der Waals surface area contributed by atoms with E-state index in [0.29, 0.717) is 23.0 Å². The Morgan fingerprint density at radius 2 is 1.97 bits per heavy atom. The normalized spacial score (nSPS) is 19.4. The lowest BCUT2D eigenvalue weighted by atomic mass is 9.84. The van der Waals surface area contributed by atoms with Crippen LogP contribution in [0, 0.1) is 12.8 Å². The maximum Gasteiger partial charge on any atom is 0.248 e. The third-order valence-corrected chi connectivity index (χ3v) is 9.25. The Labute approximate surface area is 199 Å². The summed E-state index contributed by atoms with van der Waals surface area (Å²) in [7, 11) is -3.79. The van der Waals surface area contributed by atoms with Crippen LogP contribution >= 0.6 is 11.3 Å². The van der Waals surface area contributed by atoms with Gasteiger partial charge < -0.3 is 10.2 Å². The van der Waals surface area contributed by atoms with Crippen molar-refractivity contribution in [3.8, 4) is 0 Å². The van der Waals surface area contributed by atoms with E-state index < -0.39 is 16.1 Å². The number of hydrogen-bond donors (Lipinski definition) is 1. The van der Waals surface area contributed by atoms with Gasteiger partial charge in [-0.2, -0.15) is 4.31 Å². The maximum atomic E-state index is 13.2. The van der Waals surface area contributed by atoms with Gasteiger partial charge in [-0.15, -0.1) is 11.3 Å². The van der Waals surface area contributed by atoms with Crippen molar-refractivity contribution >= 4 is 38.3 Å². The number of carbonyl (C=O) groups is 2. The number of nitrogens with one attached hydrogen (secondary N) is 1. The summed E-state index contributed by atoms with van der Waals surface area (Å²) >= 11 is 1.33. The van der Waals surface area contributed by atoms with Gasteiger partial charge in [-0.1, -0.05) is 50.3 Å². The van der Waals surface area contributed by atoms with E-state index in [-0.39, 0.29) is 36.3 Å². The highest BCUT2D eigenvalue weighted by atomic mass is 32.2. The number of amides is 2. The molecule has 33 heavy (non-hydrogen) atoms. The number of aryl methyl sites for hydroxylation is 1. The summed E-state index contributed by atoms with van der Waals surface area (Å²) in [4.78, 5) is 32.3. The van der Waals surface area contributed by atoms with Crippen molar-refractivity contribution in [3.63, 3.8) is 0 Å². The van der Waals surface area contributed by atoms with Gasteiger partial charge in [0.1, 0.15) is 6.04 Å². The first-order valence-corrected chi connectivity index (χ1v) is 13.7. The Bertz CT molecular complexity index is 1080. The summed E-state index contributed by atoms with van der Waals surface area (Å²) in [5.74, 6) is -0.208. The van der Waals surface area contributed by atoms with E-state index in [1.165, 1.54) is 22.1 Å². The summed E-state index contributed by atoms with van der Waals surface area (Å²) in [5, 5.41) is 5.13. The molecule has 178 valence electrons. The monoisotopic (exact) mass is 490 g/mol. The molecular weight excluding hydrogens is 460 g/mol. The van der Waals surface area contributed by atoms with Crippen molar-refractivity contribution in [2.45, 2.75) is 56.4 Å². The zero-order chi connectivity index (χ0) is 23.4. The molecular formula is C23H30N4O4S2. The molecule has 0 bridgehead atoms. The van der Waals surface area contributed by atoms with E-state index in [4.69, 9.17) is 0 Å². The minimum absolute atomic E-state index is 0.161. The SMILES string of the molecule is Cc1ccccc1S(=O)(=O)N1CCN([C@@H](CC2CCCCC2)C(=O)Nc2nccs2)C(=O)C1. The zero-order valence-electron chi connectivity index (χ0n) is 18.8. The molecule has 2 heterocycles. The second-order valence-electron chi connectivity index (χ2n) is 8.77. The molecule has 8 nitrogen and oxygen atoms in total. The number of aromatic nitrogens is 1. The average molecular weight is 491 g/mol. The summed E-state index contributed by atoms with van der Waals surface area (Å²) in [6, 6.07) is 6.14. The van der Waals surface area contributed by atoms with Crippen molar-refractivity contribution in [3.05, 3.63) is 41.4 Å². The average Bonchev–Trinajstić information content (AvgIpc) is 3.31. The van der Waals surface area contributed by atoms with Crippen LogP contribution in [0.5, 0.6) is 0 Å². The maximum absolute atomic E-state index is 13.2. The Kier molecular flexibility index (Phi) is 7.45. The van der Waals surface area contributed by atoms with E-state index in [2.05, 4.69) is 10.3 Å². The highest BCUT2D eigenvalue weighted by molar-refractivity contribution is 7.89. The molecule has 0 unspecified atom stereocenters. The molecule has 0 spiro atoms. The molecule has 10 heteroatoms. The van der Waals surface area contributed by atoms with Crippen molar-refractivity contribution in [1.29, 1.82) is 0 Å². The number of rotatable bonds is 7. The first-order chi connectivity index (χ1) is 15.9. The van der Waals surface area contributed by atoms with Crippen LogP contribution in [-0.4, -0.2) is 60.1 Å². The molecule has 4 rings (SSSR count). The minimum atomic E-state index is -3.79. The smallest absolute Gasteiger partial charge is 0.248 e. The minimum Gasteiger partial charge on any atom is -0.328 e. The molecule has 1 atom stereocenters. The lowest BCUT2D eigenvalue weighted by Gasteiger charge is -2.39. The number of benzene rings is 1. The van der Waals surface area contributed by atoms with Crippen LogP contribution in [0.1, 0.15) is 44.1 Å². The van der Waals surface area contributed by atoms with Gasteiger partial charge in [0.15, 0.2) is 5.13 Å². The number of sulfonamides is 1. The fraction of sp³-hybridized carbons (Fsp3) is 0.522. The van der Waals surface area contributed by atoms with Gasteiger partial charge in [-0.3, -0.25) is 9.59 Å². The molecule has 1 aliphatic carbocycles. The number of carbonyl (C=O) groups excluding carboxylic acids is 2. The summed E-state index contributed by atoms with van der Waals surface area (Å²) in [6.07, 6.45) is 7.81. The molecule has 0 radical (unpaired) electrons. The molecule has 1 aromatic heterocycles. The van der Waals surface area contributed by atoms with Gasteiger partial charge in [-0.05, 0) is 30.9 Å². The first-order valence-electron chi connectivity index (χ1n) is 11.4. The standard InChI is InChI=1S/C23H30N4O4S2/c1-17-7-5-6-10-20(17)33(30,31)26-12-13-27(21(28)16-26)19(15-18-8-3-2-4-9-18)22(29)25-23-24-11-14-32-23/h5-7,10-11,14,18-19H,2-4,8-9,12-13,15-16H2,1H3,(H,24,25,29)/t19-/m0/s1. The molecule has 2 fully saturated rings. The summed E-state index contributed by atoms with van der Waals surface area (Å²) in [5.41, 5.74) is 0.644. The Hall–Kier alpha value is -2.30. The van der Waals surface area contributed by atoms with Crippen LogP contribution in [0.25, 0.3) is 0 Å². The van der Waals surface area contributed by atoms with Gasteiger partial charge in [0, 0.05) is 24.7 Å². The third kappa shape index (κ3) is 5.44. The van der Waals surface area contributed by atoms with E-state index >= 15 is 0 Å². The van der Waals surface area contributed by atoms with Crippen LogP contribution in [0.4, 0.5) is 5.13 Å². The lowest BCUT2D eigenvalue weighted by Crippen LogP contribution is -2.58. The molecule has 1 N–H and O–H groups in total. The molecule has 2 aromatic rings. The van der Waals surface area contributed by atoms with Crippen LogP contribution in [0.2, 0.25) is 0 Å². The second-order valence-corrected chi connectivity index (χ2v) is 11.6. The lowest BCUT2D eigenvalue weighted by molar-refractivity contribution is -0.142. The van der Waals surface area contributed by atoms with E-state index in [1.54, 1.807) is 47.7 Å². The van der Waals surface area contributed by atoms with Gasteiger partial charge in [0.25, 0.3) is 0 Å². The predicted molar refractivity (Wildman–Crippen MR) is 127 cm³/mol. The highest BCUT2D eigenvalue weighted by Gasteiger charge is 2.39. The summed E-state index contributed by atoms with van der Waals surface area (Å²) in [6.45, 7) is 1.83.